The van der Waals surface area contributed by atoms with E-state index in [-0.39, 0.29) is 0 Å². The first-order valence-electron chi connectivity index (χ1n) is 6.46. The number of fused-ring (bicyclic) bond motifs is 1. The predicted octanol–water partition coefficient (Wildman–Crippen LogP) is 2.90. The summed E-state index contributed by atoms with van der Waals surface area (Å²) >= 11 is 1.62. The van der Waals surface area contributed by atoms with Crippen molar-refractivity contribution in [3.8, 4) is 0 Å². The Labute approximate surface area is 111 Å². The van der Waals surface area contributed by atoms with Gasteiger partial charge in [0, 0.05) is 13.6 Å². The van der Waals surface area contributed by atoms with Crippen molar-refractivity contribution in [3.63, 3.8) is 0 Å². The summed E-state index contributed by atoms with van der Waals surface area (Å²) in [6.07, 6.45) is 5.44. The zero-order chi connectivity index (χ0) is 12.5. The molecule has 3 rings (SSSR count). The highest BCUT2D eigenvalue weighted by Crippen LogP contribution is 2.31. The van der Waals surface area contributed by atoms with E-state index in [1.807, 2.05) is 5.38 Å². The van der Waals surface area contributed by atoms with Gasteiger partial charge in [0.1, 0.15) is 10.6 Å². The lowest BCUT2D eigenvalue weighted by atomic mass is 10.1. The van der Waals surface area contributed by atoms with Crippen LogP contribution in [0, 0.1) is 5.92 Å². The summed E-state index contributed by atoms with van der Waals surface area (Å²) in [5.74, 6) is 2.16. The van der Waals surface area contributed by atoms with Crippen LogP contribution in [0.5, 0.6) is 0 Å². The van der Waals surface area contributed by atoms with Crippen molar-refractivity contribution in [3.05, 3.63) is 11.4 Å². The van der Waals surface area contributed by atoms with Crippen molar-refractivity contribution < 1.29 is 0 Å². The summed E-state index contributed by atoms with van der Waals surface area (Å²) in [6, 6.07) is 2.08. The summed E-state index contributed by atoms with van der Waals surface area (Å²) in [7, 11) is 2.11. The maximum Gasteiger partial charge on any atom is 0.223 e. The monoisotopic (exact) mass is 262 g/mol. The van der Waals surface area contributed by atoms with Gasteiger partial charge in [0.05, 0.1) is 5.39 Å². The molecule has 0 unspecified atom stereocenters. The Balaban J connectivity index is 1.89. The first-order valence-corrected chi connectivity index (χ1v) is 7.34. The van der Waals surface area contributed by atoms with Gasteiger partial charge in [-0.2, -0.15) is 4.98 Å². The van der Waals surface area contributed by atoms with E-state index in [2.05, 4.69) is 28.0 Å². The molecule has 1 aliphatic carbocycles. The third-order valence-electron chi connectivity index (χ3n) is 3.69. The van der Waals surface area contributed by atoms with E-state index < -0.39 is 0 Å². The van der Waals surface area contributed by atoms with Crippen LogP contribution < -0.4 is 10.6 Å². The van der Waals surface area contributed by atoms with Crippen molar-refractivity contribution in [2.75, 3.05) is 24.2 Å². The Kier molecular flexibility index (Phi) is 3.07. The van der Waals surface area contributed by atoms with Gasteiger partial charge in [-0.05, 0) is 30.2 Å². The second-order valence-electron chi connectivity index (χ2n) is 5.08. The standard InChI is InChI=1S/C13H18N4S/c1-17(8-9-4-2-3-5-9)11-10-6-7-18-12(10)16-13(14)15-11/h6-7,9H,2-5,8H2,1H3,(H2,14,15,16). The first-order chi connectivity index (χ1) is 8.74. The van der Waals surface area contributed by atoms with E-state index in [9.17, 15) is 0 Å². The van der Waals surface area contributed by atoms with E-state index in [1.165, 1.54) is 25.7 Å². The molecule has 2 aromatic heterocycles. The molecule has 2 aromatic rings. The molecule has 0 bridgehead atoms. The molecule has 1 saturated carbocycles. The van der Waals surface area contributed by atoms with Crippen LogP contribution in [0.15, 0.2) is 11.4 Å². The molecule has 0 spiro atoms. The maximum absolute atomic E-state index is 5.79. The van der Waals surface area contributed by atoms with Gasteiger partial charge in [-0.1, -0.05) is 12.8 Å². The number of hydrogen-bond donors (Lipinski definition) is 1. The zero-order valence-corrected chi connectivity index (χ0v) is 11.4. The highest BCUT2D eigenvalue weighted by atomic mass is 32.1. The Bertz CT molecular complexity index is 545. The molecule has 5 heteroatoms. The van der Waals surface area contributed by atoms with Crippen molar-refractivity contribution >= 4 is 33.3 Å². The number of anilines is 2. The minimum Gasteiger partial charge on any atom is -0.368 e. The minimum absolute atomic E-state index is 0.373. The lowest BCUT2D eigenvalue weighted by molar-refractivity contribution is 0.545. The number of rotatable bonds is 3. The first kappa shape index (κ1) is 11.7. The predicted molar refractivity (Wildman–Crippen MR) is 77.1 cm³/mol. The van der Waals surface area contributed by atoms with Gasteiger partial charge in [-0.15, -0.1) is 11.3 Å². The number of nitrogens with zero attached hydrogens (tertiary/aromatic N) is 3. The summed E-state index contributed by atoms with van der Waals surface area (Å²) in [5, 5.41) is 3.17. The number of aromatic nitrogens is 2. The minimum atomic E-state index is 0.373. The summed E-state index contributed by atoms with van der Waals surface area (Å²) < 4.78 is 0. The van der Waals surface area contributed by atoms with Crippen LogP contribution >= 0.6 is 11.3 Å². The van der Waals surface area contributed by atoms with Crippen LogP contribution in [0.1, 0.15) is 25.7 Å². The molecule has 18 heavy (non-hydrogen) atoms. The fourth-order valence-electron chi connectivity index (χ4n) is 2.81. The lowest BCUT2D eigenvalue weighted by Gasteiger charge is -2.22. The third-order valence-corrected chi connectivity index (χ3v) is 4.50. The van der Waals surface area contributed by atoms with Crippen molar-refractivity contribution in [2.24, 2.45) is 5.92 Å². The molecule has 1 fully saturated rings. The van der Waals surface area contributed by atoms with Gasteiger partial charge in [-0.25, -0.2) is 4.98 Å². The topological polar surface area (TPSA) is 55.0 Å². The smallest absolute Gasteiger partial charge is 0.223 e. The quantitative estimate of drug-likeness (QED) is 0.924. The van der Waals surface area contributed by atoms with Crippen LogP contribution in [0.3, 0.4) is 0 Å². The SMILES string of the molecule is CN(CC1CCCC1)c1nc(N)nc2sccc12. The fourth-order valence-corrected chi connectivity index (χ4v) is 3.58. The highest BCUT2D eigenvalue weighted by molar-refractivity contribution is 7.16. The lowest BCUT2D eigenvalue weighted by Crippen LogP contribution is -2.25. The van der Waals surface area contributed by atoms with Crippen LogP contribution in [0.25, 0.3) is 10.2 Å². The average molecular weight is 262 g/mol. The largest absolute Gasteiger partial charge is 0.368 e. The molecule has 4 nitrogen and oxygen atoms in total. The molecular weight excluding hydrogens is 244 g/mol. The van der Waals surface area contributed by atoms with Crippen LogP contribution in [0.2, 0.25) is 0 Å². The highest BCUT2D eigenvalue weighted by Gasteiger charge is 2.19. The fraction of sp³-hybridized carbons (Fsp3) is 0.538. The van der Waals surface area contributed by atoms with E-state index >= 15 is 0 Å². The van der Waals surface area contributed by atoms with Crippen LogP contribution in [-0.2, 0) is 0 Å². The second kappa shape index (κ2) is 4.72. The van der Waals surface area contributed by atoms with Crippen LogP contribution in [0.4, 0.5) is 11.8 Å². The normalized spacial score (nSPS) is 16.5. The van der Waals surface area contributed by atoms with Gasteiger partial charge < -0.3 is 10.6 Å². The van der Waals surface area contributed by atoms with E-state index in [4.69, 9.17) is 5.73 Å². The van der Waals surface area contributed by atoms with Crippen molar-refractivity contribution in [2.45, 2.75) is 25.7 Å². The van der Waals surface area contributed by atoms with E-state index in [0.717, 1.165) is 28.5 Å². The Morgan fingerprint density at radius 3 is 2.94 bits per heavy atom. The van der Waals surface area contributed by atoms with Gasteiger partial charge in [0.25, 0.3) is 0 Å². The van der Waals surface area contributed by atoms with Crippen molar-refractivity contribution in [1.82, 2.24) is 9.97 Å². The molecule has 0 radical (unpaired) electrons. The summed E-state index contributed by atoms with van der Waals surface area (Å²) in [4.78, 5) is 11.9. The van der Waals surface area contributed by atoms with Gasteiger partial charge in [-0.3, -0.25) is 0 Å². The van der Waals surface area contributed by atoms with Gasteiger partial charge >= 0.3 is 0 Å². The summed E-state index contributed by atoms with van der Waals surface area (Å²) in [5.41, 5.74) is 5.79. The second-order valence-corrected chi connectivity index (χ2v) is 5.97. The van der Waals surface area contributed by atoms with Crippen molar-refractivity contribution in [1.29, 1.82) is 0 Å². The molecule has 2 N–H and O–H groups in total. The molecule has 2 heterocycles. The molecule has 0 aromatic carbocycles. The number of hydrogen-bond acceptors (Lipinski definition) is 5. The number of nitrogen functional groups attached to an aromatic ring is 1. The van der Waals surface area contributed by atoms with E-state index in [1.54, 1.807) is 11.3 Å². The Morgan fingerprint density at radius 2 is 2.17 bits per heavy atom. The van der Waals surface area contributed by atoms with E-state index in [0.29, 0.717) is 5.95 Å². The molecule has 0 atom stereocenters. The van der Waals surface area contributed by atoms with Crippen LogP contribution in [-0.4, -0.2) is 23.6 Å². The molecule has 1 aliphatic rings. The molecule has 0 amide bonds. The number of thiophene rings is 1. The molecule has 96 valence electrons. The Hall–Kier alpha value is -1.36. The van der Waals surface area contributed by atoms with Gasteiger partial charge in [0.15, 0.2) is 0 Å². The maximum atomic E-state index is 5.79. The molecular formula is C13H18N4S. The third kappa shape index (κ3) is 2.14. The summed E-state index contributed by atoms with van der Waals surface area (Å²) in [6.45, 7) is 1.07. The molecule has 0 saturated heterocycles. The average Bonchev–Trinajstić information content (AvgIpc) is 2.97. The zero-order valence-electron chi connectivity index (χ0n) is 10.6. The van der Waals surface area contributed by atoms with Gasteiger partial charge in [0.2, 0.25) is 5.95 Å². The Morgan fingerprint density at radius 1 is 1.39 bits per heavy atom. The molecule has 0 aliphatic heterocycles. The number of nitrogens with two attached hydrogens (primary N) is 1.